The molecule has 0 aliphatic rings. The van der Waals surface area contributed by atoms with Crippen molar-refractivity contribution in [2.45, 2.75) is 11.4 Å². The molecule has 0 radical (unpaired) electrons. The first-order valence-electron chi connectivity index (χ1n) is 5.54. The number of sulfonamides is 1. The third kappa shape index (κ3) is 4.14. The minimum Gasteiger partial charge on any atom is -0.242 e. The van der Waals surface area contributed by atoms with Crippen LogP contribution in [-0.2, 0) is 16.6 Å². The zero-order valence-electron chi connectivity index (χ0n) is 10.3. The van der Waals surface area contributed by atoms with Crippen molar-refractivity contribution >= 4 is 49.2 Å². The van der Waals surface area contributed by atoms with Gasteiger partial charge in [-0.1, -0.05) is 39.1 Å². The van der Waals surface area contributed by atoms with Crippen LogP contribution in [0.2, 0.25) is 10.2 Å². The molecule has 0 fully saturated rings. The second-order valence-corrected chi connectivity index (χ2v) is 7.39. The summed E-state index contributed by atoms with van der Waals surface area (Å²) in [6.45, 7) is -0.0824. The van der Waals surface area contributed by atoms with Gasteiger partial charge in [0.25, 0.3) is 0 Å². The van der Waals surface area contributed by atoms with Gasteiger partial charge in [-0.15, -0.1) is 0 Å². The minimum atomic E-state index is -3.83. The predicted octanol–water partition coefficient (Wildman–Crippen LogP) is 3.77. The first-order chi connectivity index (χ1) is 9.79. The molecule has 1 N–H and O–H groups in total. The van der Waals surface area contributed by atoms with E-state index in [1.165, 1.54) is 24.3 Å². The van der Waals surface area contributed by atoms with E-state index in [0.29, 0.717) is 10.0 Å². The molecule has 1 heterocycles. The Labute approximate surface area is 139 Å². The van der Waals surface area contributed by atoms with Crippen LogP contribution in [0.5, 0.6) is 0 Å². The van der Waals surface area contributed by atoms with Gasteiger partial charge in [-0.05, 0) is 29.8 Å². The molecule has 1 aromatic carbocycles. The molecule has 0 saturated carbocycles. The summed E-state index contributed by atoms with van der Waals surface area (Å²) in [4.78, 5) is 3.56. The van der Waals surface area contributed by atoms with Gasteiger partial charge >= 0.3 is 0 Å². The van der Waals surface area contributed by atoms with E-state index in [1.54, 1.807) is 0 Å². The van der Waals surface area contributed by atoms with Gasteiger partial charge in [-0.2, -0.15) is 0 Å². The normalized spacial score (nSPS) is 11.6. The second-order valence-electron chi connectivity index (χ2n) is 4.00. The Hall–Kier alpha value is -0.730. The summed E-state index contributed by atoms with van der Waals surface area (Å²) >= 11 is 14.6. The summed E-state index contributed by atoms with van der Waals surface area (Å²) < 4.78 is 40.3. The van der Waals surface area contributed by atoms with Crippen LogP contribution in [0.3, 0.4) is 0 Å². The van der Waals surface area contributed by atoms with Crippen LogP contribution in [0.1, 0.15) is 5.56 Å². The average Bonchev–Trinajstić information content (AvgIpc) is 2.43. The number of hydrogen-bond acceptors (Lipinski definition) is 3. The second kappa shape index (κ2) is 6.58. The summed E-state index contributed by atoms with van der Waals surface area (Å²) in [7, 11) is -3.83. The summed E-state index contributed by atoms with van der Waals surface area (Å²) in [5.41, 5.74) is 0.464. The van der Waals surface area contributed by atoms with Gasteiger partial charge in [-0.3, -0.25) is 0 Å². The zero-order valence-corrected chi connectivity index (χ0v) is 14.2. The first kappa shape index (κ1) is 16.6. The number of rotatable bonds is 4. The smallest absolute Gasteiger partial charge is 0.242 e. The van der Waals surface area contributed by atoms with E-state index in [0.717, 1.165) is 6.20 Å². The Morgan fingerprint density at radius 2 is 2.00 bits per heavy atom. The van der Waals surface area contributed by atoms with Crippen molar-refractivity contribution in [1.82, 2.24) is 9.71 Å². The fourth-order valence-electron chi connectivity index (χ4n) is 1.49. The lowest BCUT2D eigenvalue weighted by Gasteiger charge is -2.09. The number of hydrogen-bond donors (Lipinski definition) is 1. The Balaban J connectivity index is 2.21. The molecule has 0 aliphatic carbocycles. The molecule has 0 bridgehead atoms. The lowest BCUT2D eigenvalue weighted by molar-refractivity contribution is 0.579. The van der Waals surface area contributed by atoms with Crippen molar-refractivity contribution in [2.24, 2.45) is 0 Å². The van der Waals surface area contributed by atoms with Crippen LogP contribution < -0.4 is 4.72 Å². The number of nitrogens with zero attached hydrogens (tertiary/aromatic N) is 1. The maximum atomic E-state index is 13.1. The van der Waals surface area contributed by atoms with Gasteiger partial charge in [0.2, 0.25) is 10.0 Å². The highest BCUT2D eigenvalue weighted by Gasteiger charge is 2.16. The van der Waals surface area contributed by atoms with Crippen molar-refractivity contribution in [3.63, 3.8) is 0 Å². The zero-order chi connectivity index (χ0) is 15.6. The molecule has 21 heavy (non-hydrogen) atoms. The number of pyridine rings is 1. The molecule has 112 valence electrons. The molecule has 0 atom stereocenters. The molecule has 2 aromatic rings. The quantitative estimate of drug-likeness (QED) is 0.776. The Morgan fingerprint density at radius 3 is 2.67 bits per heavy atom. The maximum absolute atomic E-state index is 13.1. The van der Waals surface area contributed by atoms with E-state index < -0.39 is 15.8 Å². The fraction of sp³-hybridized carbons (Fsp3) is 0.0833. The van der Waals surface area contributed by atoms with Crippen LogP contribution >= 0.6 is 39.1 Å². The lowest BCUT2D eigenvalue weighted by Crippen LogP contribution is -2.23. The molecule has 0 spiro atoms. The highest BCUT2D eigenvalue weighted by molar-refractivity contribution is 9.10. The van der Waals surface area contributed by atoms with Crippen LogP contribution in [0.15, 0.2) is 39.8 Å². The van der Waals surface area contributed by atoms with Gasteiger partial charge < -0.3 is 0 Å². The van der Waals surface area contributed by atoms with Crippen molar-refractivity contribution in [2.75, 3.05) is 0 Å². The SMILES string of the molecule is O=S(=O)(NCc1cc(F)ccc1Br)c1cnc(Cl)c(Cl)c1. The van der Waals surface area contributed by atoms with E-state index >= 15 is 0 Å². The maximum Gasteiger partial charge on any atom is 0.242 e. The van der Waals surface area contributed by atoms with Gasteiger partial charge in [-0.25, -0.2) is 22.5 Å². The Morgan fingerprint density at radius 1 is 1.29 bits per heavy atom. The molecule has 0 unspecified atom stereocenters. The number of nitrogens with one attached hydrogen (secondary N) is 1. The van der Waals surface area contributed by atoms with Gasteiger partial charge in [0, 0.05) is 17.2 Å². The third-order valence-electron chi connectivity index (χ3n) is 2.54. The number of benzene rings is 1. The molecule has 1 aromatic heterocycles. The standard InChI is InChI=1S/C12H8BrCl2FN2O2S/c13-10-2-1-8(16)3-7(10)5-18-21(19,20)9-4-11(14)12(15)17-6-9/h1-4,6,18H,5H2. The van der Waals surface area contributed by atoms with Gasteiger partial charge in [0.05, 0.1) is 5.02 Å². The van der Waals surface area contributed by atoms with Crippen LogP contribution in [0.25, 0.3) is 0 Å². The molecule has 0 aliphatic heterocycles. The molecule has 4 nitrogen and oxygen atoms in total. The minimum absolute atomic E-state index is 0.0171. The Kier molecular flexibility index (Phi) is 5.21. The van der Waals surface area contributed by atoms with E-state index in [1.807, 2.05) is 0 Å². The summed E-state index contributed by atoms with van der Waals surface area (Å²) in [6, 6.07) is 5.20. The van der Waals surface area contributed by atoms with E-state index in [4.69, 9.17) is 23.2 Å². The van der Waals surface area contributed by atoms with Gasteiger partial charge in [0.1, 0.15) is 15.9 Å². The molecular formula is C12H8BrCl2FN2O2S. The molecule has 0 saturated heterocycles. The van der Waals surface area contributed by atoms with Gasteiger partial charge in [0.15, 0.2) is 0 Å². The monoisotopic (exact) mass is 412 g/mol. The van der Waals surface area contributed by atoms with Crippen LogP contribution in [0.4, 0.5) is 4.39 Å². The van der Waals surface area contributed by atoms with Crippen molar-refractivity contribution < 1.29 is 12.8 Å². The highest BCUT2D eigenvalue weighted by Crippen LogP contribution is 2.23. The van der Waals surface area contributed by atoms with Crippen LogP contribution in [-0.4, -0.2) is 13.4 Å². The predicted molar refractivity (Wildman–Crippen MR) is 82.4 cm³/mol. The number of aromatic nitrogens is 1. The Bertz CT molecular complexity index is 787. The third-order valence-corrected chi connectivity index (χ3v) is 5.37. The van der Waals surface area contributed by atoms with Crippen molar-refractivity contribution in [1.29, 1.82) is 0 Å². The van der Waals surface area contributed by atoms with Crippen LogP contribution in [0, 0.1) is 5.82 Å². The van der Waals surface area contributed by atoms with Crippen molar-refractivity contribution in [3.8, 4) is 0 Å². The average molecular weight is 414 g/mol. The topological polar surface area (TPSA) is 59.1 Å². The highest BCUT2D eigenvalue weighted by atomic mass is 79.9. The largest absolute Gasteiger partial charge is 0.242 e. The molecule has 9 heteroatoms. The number of halogens is 4. The summed E-state index contributed by atoms with van der Waals surface area (Å²) in [6.07, 6.45) is 1.09. The van der Waals surface area contributed by atoms with E-state index in [9.17, 15) is 12.8 Å². The van der Waals surface area contributed by atoms with E-state index in [-0.39, 0.29) is 21.6 Å². The molecular weight excluding hydrogens is 406 g/mol. The van der Waals surface area contributed by atoms with Crippen molar-refractivity contribution in [3.05, 3.63) is 56.5 Å². The van der Waals surface area contributed by atoms with E-state index in [2.05, 4.69) is 25.6 Å². The summed E-state index contributed by atoms with van der Waals surface area (Å²) in [5.74, 6) is -0.455. The fourth-order valence-corrected chi connectivity index (χ4v) is 3.18. The lowest BCUT2D eigenvalue weighted by atomic mass is 10.2. The molecule has 0 amide bonds. The summed E-state index contributed by atoms with van der Waals surface area (Å²) in [5, 5.41) is 0.0509. The first-order valence-corrected chi connectivity index (χ1v) is 8.57. The molecule has 2 rings (SSSR count).